The fourth-order valence-corrected chi connectivity index (χ4v) is 3.53. The van der Waals surface area contributed by atoms with Gasteiger partial charge in [-0.3, -0.25) is 0 Å². The van der Waals surface area contributed by atoms with Crippen LogP contribution in [0.5, 0.6) is 11.5 Å². The summed E-state index contributed by atoms with van der Waals surface area (Å²) >= 11 is 0. The summed E-state index contributed by atoms with van der Waals surface area (Å²) in [6.45, 7) is 4.86. The second-order valence-corrected chi connectivity index (χ2v) is 7.68. The smallest absolute Gasteiger partial charge is 0.339 e. The van der Waals surface area contributed by atoms with Crippen LogP contribution in [0, 0.1) is 0 Å². The van der Waals surface area contributed by atoms with Crippen LogP contribution in [-0.4, -0.2) is 40.5 Å². The highest BCUT2D eigenvalue weighted by Gasteiger charge is 2.16. The molecule has 0 saturated carbocycles. The maximum atomic E-state index is 11.4. The topological polar surface area (TPSA) is 99.0 Å². The number of nitrogens with one attached hydrogen (secondary N) is 1. The van der Waals surface area contributed by atoms with E-state index in [1.807, 2.05) is 38.1 Å². The van der Waals surface area contributed by atoms with Crippen LogP contribution < -0.4 is 10.1 Å². The lowest BCUT2D eigenvalue weighted by atomic mass is 10.0. The van der Waals surface area contributed by atoms with E-state index in [9.17, 15) is 20.1 Å². The van der Waals surface area contributed by atoms with Gasteiger partial charge in [0.2, 0.25) is 0 Å². The lowest BCUT2D eigenvalue weighted by Gasteiger charge is -2.21. The SMILES string of the molecule is CCOc1cc(-c2ccc(CCN[C@@H](C)[C@H](O)c3ccc(O)cc3)cc2)ccc1C(=O)O. The van der Waals surface area contributed by atoms with E-state index in [4.69, 9.17) is 4.74 Å². The molecule has 0 radical (unpaired) electrons. The van der Waals surface area contributed by atoms with Crippen molar-refractivity contribution in [3.05, 3.63) is 83.4 Å². The van der Waals surface area contributed by atoms with Crippen molar-refractivity contribution in [1.82, 2.24) is 5.32 Å². The van der Waals surface area contributed by atoms with Crippen LogP contribution in [-0.2, 0) is 6.42 Å². The molecule has 168 valence electrons. The summed E-state index contributed by atoms with van der Waals surface area (Å²) in [6.07, 6.45) is 0.140. The average molecular weight is 436 g/mol. The lowest BCUT2D eigenvalue weighted by Crippen LogP contribution is -2.33. The zero-order chi connectivity index (χ0) is 23.1. The Morgan fingerprint density at radius 3 is 2.28 bits per heavy atom. The number of aliphatic hydroxyl groups excluding tert-OH is 1. The summed E-state index contributed by atoms with van der Waals surface area (Å²) in [5.74, 6) is -0.462. The predicted molar refractivity (Wildman–Crippen MR) is 124 cm³/mol. The van der Waals surface area contributed by atoms with Gasteiger partial charge in [-0.1, -0.05) is 42.5 Å². The van der Waals surface area contributed by atoms with Crippen molar-refractivity contribution in [2.45, 2.75) is 32.4 Å². The first-order valence-electron chi connectivity index (χ1n) is 10.7. The van der Waals surface area contributed by atoms with Gasteiger partial charge in [0.25, 0.3) is 0 Å². The van der Waals surface area contributed by atoms with Crippen molar-refractivity contribution in [2.24, 2.45) is 0 Å². The van der Waals surface area contributed by atoms with Crippen LogP contribution >= 0.6 is 0 Å². The van der Waals surface area contributed by atoms with E-state index < -0.39 is 12.1 Å². The van der Waals surface area contributed by atoms with Gasteiger partial charge in [-0.2, -0.15) is 0 Å². The van der Waals surface area contributed by atoms with E-state index in [2.05, 4.69) is 5.32 Å². The van der Waals surface area contributed by atoms with Crippen LogP contribution in [0.15, 0.2) is 66.7 Å². The number of aromatic carboxylic acids is 1. The minimum absolute atomic E-state index is 0.136. The minimum Gasteiger partial charge on any atom is -0.508 e. The number of hydrogen-bond acceptors (Lipinski definition) is 5. The average Bonchev–Trinajstić information content (AvgIpc) is 2.79. The van der Waals surface area contributed by atoms with Gasteiger partial charge in [0.15, 0.2) is 0 Å². The Bertz CT molecular complexity index is 1030. The Labute approximate surface area is 188 Å². The number of rotatable bonds is 10. The molecule has 0 unspecified atom stereocenters. The summed E-state index contributed by atoms with van der Waals surface area (Å²) in [4.78, 5) is 11.4. The van der Waals surface area contributed by atoms with E-state index in [0.717, 1.165) is 28.7 Å². The first-order chi connectivity index (χ1) is 15.4. The van der Waals surface area contributed by atoms with Gasteiger partial charge in [-0.15, -0.1) is 0 Å². The number of carbonyl (C=O) groups is 1. The standard InChI is InChI=1S/C26H29NO5/c1-3-32-24-16-21(10-13-23(24)26(30)31)19-6-4-18(5-7-19)14-15-27-17(2)25(29)20-8-11-22(28)12-9-20/h4-13,16-17,25,27-29H,3,14-15H2,1-2H3,(H,30,31)/t17-,25-/m0/s1. The van der Waals surface area contributed by atoms with Gasteiger partial charge >= 0.3 is 5.97 Å². The summed E-state index contributed by atoms with van der Waals surface area (Å²) in [5, 5.41) is 32.5. The Morgan fingerprint density at radius 1 is 1.00 bits per heavy atom. The minimum atomic E-state index is -1.01. The van der Waals surface area contributed by atoms with E-state index in [1.165, 1.54) is 0 Å². The normalized spacial score (nSPS) is 12.8. The second kappa shape index (κ2) is 10.8. The molecular weight excluding hydrogens is 406 g/mol. The number of benzene rings is 3. The molecule has 0 bridgehead atoms. The number of phenols is 1. The van der Waals surface area contributed by atoms with Crippen molar-refractivity contribution < 1.29 is 24.9 Å². The molecule has 3 rings (SSSR count). The number of carboxylic acids is 1. The first kappa shape index (κ1) is 23.3. The molecule has 3 aromatic carbocycles. The second-order valence-electron chi connectivity index (χ2n) is 7.68. The van der Waals surface area contributed by atoms with Crippen LogP contribution in [0.3, 0.4) is 0 Å². The molecule has 32 heavy (non-hydrogen) atoms. The maximum absolute atomic E-state index is 11.4. The largest absolute Gasteiger partial charge is 0.508 e. The molecule has 0 aliphatic heterocycles. The van der Waals surface area contributed by atoms with E-state index in [-0.39, 0.29) is 17.4 Å². The molecule has 0 heterocycles. The van der Waals surface area contributed by atoms with Crippen LogP contribution in [0.2, 0.25) is 0 Å². The lowest BCUT2D eigenvalue weighted by molar-refractivity contribution is 0.0692. The van der Waals surface area contributed by atoms with Crippen LogP contribution in [0.25, 0.3) is 11.1 Å². The van der Waals surface area contributed by atoms with Gasteiger partial charge in [0.1, 0.15) is 17.1 Å². The zero-order valence-corrected chi connectivity index (χ0v) is 18.3. The van der Waals surface area contributed by atoms with Gasteiger partial charge in [0.05, 0.1) is 12.7 Å². The van der Waals surface area contributed by atoms with Gasteiger partial charge in [-0.25, -0.2) is 4.79 Å². The summed E-state index contributed by atoms with van der Waals surface area (Å²) in [6, 6.07) is 19.7. The van der Waals surface area contributed by atoms with E-state index in [0.29, 0.717) is 18.9 Å². The Balaban J connectivity index is 1.58. The molecule has 3 aromatic rings. The molecule has 0 saturated heterocycles. The molecular formula is C26H29NO5. The zero-order valence-electron chi connectivity index (χ0n) is 18.3. The van der Waals surface area contributed by atoms with Crippen molar-refractivity contribution in [3.63, 3.8) is 0 Å². The summed E-state index contributed by atoms with van der Waals surface area (Å²) in [7, 11) is 0. The van der Waals surface area contributed by atoms with Gasteiger partial charge in [0, 0.05) is 6.04 Å². The Kier molecular flexibility index (Phi) is 7.87. The third-order valence-corrected chi connectivity index (χ3v) is 5.39. The summed E-state index contributed by atoms with van der Waals surface area (Å²) < 4.78 is 5.49. The Morgan fingerprint density at radius 2 is 1.66 bits per heavy atom. The number of hydrogen-bond donors (Lipinski definition) is 4. The fourth-order valence-electron chi connectivity index (χ4n) is 3.53. The molecule has 4 N–H and O–H groups in total. The van der Waals surface area contributed by atoms with Crippen molar-refractivity contribution in [1.29, 1.82) is 0 Å². The van der Waals surface area contributed by atoms with Crippen LogP contribution in [0.1, 0.15) is 41.4 Å². The monoisotopic (exact) mass is 435 g/mol. The number of ether oxygens (including phenoxy) is 1. The highest BCUT2D eigenvalue weighted by atomic mass is 16.5. The van der Waals surface area contributed by atoms with Crippen molar-refractivity contribution in [3.8, 4) is 22.6 Å². The molecule has 0 aliphatic carbocycles. The number of carboxylic acid groups (broad SMARTS) is 1. The molecule has 0 aliphatic rings. The number of aromatic hydroxyl groups is 1. The quantitative estimate of drug-likeness (QED) is 0.377. The molecule has 0 spiro atoms. The van der Waals surface area contributed by atoms with Gasteiger partial charge < -0.3 is 25.4 Å². The van der Waals surface area contributed by atoms with Gasteiger partial charge in [-0.05, 0) is 73.3 Å². The number of aliphatic hydroxyl groups is 1. The molecule has 0 aromatic heterocycles. The van der Waals surface area contributed by atoms with Crippen LogP contribution in [0.4, 0.5) is 0 Å². The molecule has 6 nitrogen and oxygen atoms in total. The van der Waals surface area contributed by atoms with Crippen molar-refractivity contribution >= 4 is 5.97 Å². The summed E-state index contributed by atoms with van der Waals surface area (Å²) in [5.41, 5.74) is 3.94. The first-order valence-corrected chi connectivity index (χ1v) is 10.7. The third kappa shape index (κ3) is 5.87. The highest BCUT2D eigenvalue weighted by Crippen LogP contribution is 2.28. The number of phenolic OH excluding ortho intramolecular Hbond substituents is 1. The highest BCUT2D eigenvalue weighted by molar-refractivity contribution is 5.92. The predicted octanol–water partition coefficient (Wildman–Crippen LogP) is 4.41. The van der Waals surface area contributed by atoms with Crippen molar-refractivity contribution in [2.75, 3.05) is 13.2 Å². The molecule has 6 heteroatoms. The maximum Gasteiger partial charge on any atom is 0.339 e. The third-order valence-electron chi connectivity index (χ3n) is 5.39. The Hall–Kier alpha value is -3.35. The van der Waals surface area contributed by atoms with E-state index >= 15 is 0 Å². The molecule has 0 fully saturated rings. The molecule has 2 atom stereocenters. The van der Waals surface area contributed by atoms with E-state index in [1.54, 1.807) is 42.5 Å². The molecule has 0 amide bonds. The fraction of sp³-hybridized carbons (Fsp3) is 0.269.